The van der Waals surface area contributed by atoms with Crippen LogP contribution in [0.4, 0.5) is 5.69 Å². The van der Waals surface area contributed by atoms with Gasteiger partial charge in [-0.3, -0.25) is 14.8 Å². The molecule has 1 amide bonds. The predicted molar refractivity (Wildman–Crippen MR) is 104 cm³/mol. The zero-order valence-corrected chi connectivity index (χ0v) is 15.9. The van der Waals surface area contributed by atoms with Crippen molar-refractivity contribution in [2.75, 3.05) is 18.4 Å². The van der Waals surface area contributed by atoms with Crippen molar-refractivity contribution in [3.05, 3.63) is 48.2 Å². The highest BCUT2D eigenvalue weighted by Gasteiger charge is 2.26. The van der Waals surface area contributed by atoms with E-state index in [1.54, 1.807) is 6.20 Å². The summed E-state index contributed by atoms with van der Waals surface area (Å²) in [6, 6.07) is 9.69. The summed E-state index contributed by atoms with van der Waals surface area (Å²) in [7, 11) is 0. The van der Waals surface area contributed by atoms with Crippen molar-refractivity contribution in [3.63, 3.8) is 0 Å². The van der Waals surface area contributed by atoms with Crippen LogP contribution in [-0.4, -0.2) is 44.2 Å². The first kappa shape index (κ1) is 18.4. The third-order valence-electron chi connectivity index (χ3n) is 5.02. The van der Waals surface area contributed by atoms with Crippen molar-refractivity contribution in [3.8, 4) is 11.3 Å². The van der Waals surface area contributed by atoms with E-state index in [0.29, 0.717) is 24.8 Å². The van der Waals surface area contributed by atoms with Crippen LogP contribution < -0.4 is 5.32 Å². The van der Waals surface area contributed by atoms with Crippen LogP contribution in [0.5, 0.6) is 0 Å². The second-order valence-corrected chi connectivity index (χ2v) is 7.07. The summed E-state index contributed by atoms with van der Waals surface area (Å²) in [6.45, 7) is 4.25. The van der Waals surface area contributed by atoms with Crippen LogP contribution in [0.3, 0.4) is 0 Å². The van der Waals surface area contributed by atoms with E-state index in [-0.39, 0.29) is 11.8 Å². The molecule has 1 saturated heterocycles. The van der Waals surface area contributed by atoms with Crippen LogP contribution in [0.2, 0.25) is 0 Å². The van der Waals surface area contributed by atoms with Crippen LogP contribution in [0, 0.1) is 5.92 Å². The maximum atomic E-state index is 12.7. The highest BCUT2D eigenvalue weighted by molar-refractivity contribution is 5.93. The lowest BCUT2D eigenvalue weighted by molar-refractivity contribution is -0.121. The van der Waals surface area contributed by atoms with Gasteiger partial charge in [0.25, 0.3) is 0 Å². The number of aromatic nitrogens is 4. The number of likely N-dealkylation sites (tertiary alicyclic amines) is 1. The van der Waals surface area contributed by atoms with Gasteiger partial charge >= 0.3 is 0 Å². The van der Waals surface area contributed by atoms with Gasteiger partial charge in [0, 0.05) is 24.8 Å². The highest BCUT2D eigenvalue weighted by atomic mass is 16.5. The fourth-order valence-corrected chi connectivity index (χ4v) is 3.51. The number of piperidine rings is 1. The maximum absolute atomic E-state index is 12.7. The molecule has 0 spiro atoms. The number of carbonyl (C=O) groups excluding carboxylic acids is 1. The molecule has 3 aromatic rings. The third kappa shape index (κ3) is 4.28. The van der Waals surface area contributed by atoms with Gasteiger partial charge in [-0.05, 0) is 43.1 Å². The van der Waals surface area contributed by atoms with Crippen LogP contribution >= 0.6 is 0 Å². The average molecular weight is 380 g/mol. The topological polar surface area (TPSA) is 99.9 Å². The van der Waals surface area contributed by atoms with Gasteiger partial charge in [-0.15, -0.1) is 0 Å². The Balaban J connectivity index is 1.33. The lowest BCUT2D eigenvalue weighted by Crippen LogP contribution is -2.40. The lowest BCUT2D eigenvalue weighted by atomic mass is 9.97. The van der Waals surface area contributed by atoms with Crippen molar-refractivity contribution >= 4 is 11.6 Å². The summed E-state index contributed by atoms with van der Waals surface area (Å²) in [5, 5.41) is 13.9. The third-order valence-corrected chi connectivity index (χ3v) is 5.02. The van der Waals surface area contributed by atoms with Gasteiger partial charge in [-0.1, -0.05) is 24.2 Å². The Bertz CT molecular complexity index is 903. The molecule has 0 unspecified atom stereocenters. The second-order valence-electron chi connectivity index (χ2n) is 7.07. The van der Waals surface area contributed by atoms with Gasteiger partial charge in [0.15, 0.2) is 5.82 Å². The highest BCUT2D eigenvalue weighted by Crippen LogP contribution is 2.22. The minimum atomic E-state index is -0.0430. The standard InChI is InChI=1S/C20H24N6O2/c1-2-19-23-18(25-28-19)13-26-11-3-4-15(12-26)20(27)22-16-7-5-14(6-8-16)17-9-10-21-24-17/h5-10,15H,2-4,11-13H2,1H3,(H,21,24)(H,22,27)/t15-/m1/s1. The quantitative estimate of drug-likeness (QED) is 0.682. The Labute approximate surface area is 163 Å². The second kappa shape index (κ2) is 8.35. The van der Waals surface area contributed by atoms with Crippen molar-refractivity contribution < 1.29 is 9.32 Å². The maximum Gasteiger partial charge on any atom is 0.228 e. The molecule has 28 heavy (non-hydrogen) atoms. The van der Waals surface area contributed by atoms with Crippen molar-refractivity contribution in [1.82, 2.24) is 25.2 Å². The molecule has 1 aliphatic heterocycles. The zero-order chi connectivity index (χ0) is 19.3. The van der Waals surface area contributed by atoms with Crippen LogP contribution in [0.15, 0.2) is 41.1 Å². The summed E-state index contributed by atoms with van der Waals surface area (Å²) in [5.41, 5.74) is 2.79. The molecule has 1 atom stereocenters. The molecule has 1 fully saturated rings. The molecule has 0 bridgehead atoms. The molecule has 1 aromatic carbocycles. The van der Waals surface area contributed by atoms with E-state index in [1.165, 1.54) is 0 Å². The minimum absolute atomic E-state index is 0.0430. The number of nitrogens with one attached hydrogen (secondary N) is 2. The smallest absolute Gasteiger partial charge is 0.228 e. The number of nitrogens with zero attached hydrogens (tertiary/aromatic N) is 4. The molecule has 1 aliphatic rings. The van der Waals surface area contributed by atoms with Gasteiger partial charge in [-0.25, -0.2) is 0 Å². The number of H-pyrrole nitrogens is 1. The van der Waals surface area contributed by atoms with E-state index < -0.39 is 0 Å². The summed E-state index contributed by atoms with van der Waals surface area (Å²) < 4.78 is 5.17. The van der Waals surface area contributed by atoms with Crippen molar-refractivity contribution in [2.45, 2.75) is 32.7 Å². The first-order valence-corrected chi connectivity index (χ1v) is 9.65. The monoisotopic (exact) mass is 380 g/mol. The molecule has 8 heteroatoms. The number of amides is 1. The molecular formula is C20H24N6O2. The summed E-state index contributed by atoms with van der Waals surface area (Å²) in [4.78, 5) is 19.3. The normalized spacial score (nSPS) is 17.5. The molecular weight excluding hydrogens is 356 g/mol. The minimum Gasteiger partial charge on any atom is -0.339 e. The number of carbonyl (C=O) groups is 1. The Hall–Kier alpha value is -3.00. The number of anilines is 1. The van der Waals surface area contributed by atoms with E-state index in [0.717, 1.165) is 42.8 Å². The lowest BCUT2D eigenvalue weighted by Gasteiger charge is -2.31. The van der Waals surface area contributed by atoms with E-state index in [9.17, 15) is 4.79 Å². The molecule has 3 heterocycles. The van der Waals surface area contributed by atoms with Crippen molar-refractivity contribution in [2.24, 2.45) is 5.92 Å². The Morgan fingerprint density at radius 3 is 2.89 bits per heavy atom. The number of aryl methyl sites for hydroxylation is 1. The summed E-state index contributed by atoms with van der Waals surface area (Å²) in [5.74, 6) is 1.35. The van der Waals surface area contributed by atoms with Crippen LogP contribution in [0.1, 0.15) is 31.5 Å². The molecule has 0 saturated carbocycles. The zero-order valence-electron chi connectivity index (χ0n) is 15.9. The molecule has 0 radical (unpaired) electrons. The Morgan fingerprint density at radius 1 is 1.32 bits per heavy atom. The molecule has 0 aliphatic carbocycles. The van der Waals surface area contributed by atoms with Crippen molar-refractivity contribution in [1.29, 1.82) is 0 Å². The van der Waals surface area contributed by atoms with Crippen LogP contribution in [-0.2, 0) is 17.8 Å². The van der Waals surface area contributed by atoms with Gasteiger partial charge in [0.05, 0.1) is 18.2 Å². The fraction of sp³-hybridized carbons (Fsp3) is 0.400. The number of hydrogen-bond acceptors (Lipinski definition) is 6. The first-order valence-electron chi connectivity index (χ1n) is 9.65. The molecule has 2 aromatic heterocycles. The summed E-state index contributed by atoms with van der Waals surface area (Å²) in [6.07, 6.45) is 4.32. The SMILES string of the molecule is CCc1nc(CN2CCC[C@@H](C(=O)Nc3ccc(-c4ccn[nH]4)cc3)C2)no1. The van der Waals surface area contributed by atoms with Gasteiger partial charge < -0.3 is 9.84 Å². The molecule has 8 nitrogen and oxygen atoms in total. The average Bonchev–Trinajstić information content (AvgIpc) is 3.41. The molecule has 4 rings (SSSR count). The van der Waals surface area contributed by atoms with E-state index in [4.69, 9.17) is 4.52 Å². The molecule has 146 valence electrons. The Kier molecular flexibility index (Phi) is 5.48. The number of rotatable bonds is 6. The van der Waals surface area contributed by atoms with Crippen LogP contribution in [0.25, 0.3) is 11.3 Å². The largest absolute Gasteiger partial charge is 0.339 e. The predicted octanol–water partition coefficient (Wildman–Crippen LogP) is 2.87. The van der Waals surface area contributed by atoms with E-state index in [2.05, 4.69) is 30.6 Å². The van der Waals surface area contributed by atoms with Gasteiger partial charge in [-0.2, -0.15) is 10.1 Å². The van der Waals surface area contributed by atoms with E-state index in [1.807, 2.05) is 37.3 Å². The Morgan fingerprint density at radius 2 is 2.18 bits per heavy atom. The molecule has 2 N–H and O–H groups in total. The number of benzene rings is 1. The number of hydrogen-bond donors (Lipinski definition) is 2. The summed E-state index contributed by atoms with van der Waals surface area (Å²) >= 11 is 0. The fourth-order valence-electron chi connectivity index (χ4n) is 3.51. The van der Waals surface area contributed by atoms with Gasteiger partial charge in [0.1, 0.15) is 0 Å². The first-order chi connectivity index (χ1) is 13.7. The van der Waals surface area contributed by atoms with Gasteiger partial charge in [0.2, 0.25) is 11.8 Å². The van der Waals surface area contributed by atoms with E-state index >= 15 is 0 Å². The number of aromatic amines is 1.